The van der Waals surface area contributed by atoms with E-state index in [9.17, 15) is 14.7 Å². The smallest absolute Gasteiger partial charge is 0.311 e. The average molecular weight is 403 g/mol. The molecule has 162 valence electrons. The van der Waals surface area contributed by atoms with Gasteiger partial charge in [-0.2, -0.15) is 0 Å². The molecular formula is C25H38O4. The number of rotatable bonds is 3. The van der Waals surface area contributed by atoms with Crippen LogP contribution in [-0.2, 0) is 14.3 Å². The number of fused-ring (bicyclic) bond motifs is 3. The van der Waals surface area contributed by atoms with Crippen LogP contribution in [0.2, 0.25) is 0 Å². The van der Waals surface area contributed by atoms with Gasteiger partial charge in [0.25, 0.3) is 0 Å². The van der Waals surface area contributed by atoms with Gasteiger partial charge in [0, 0.05) is 12.3 Å². The molecule has 3 fully saturated rings. The first kappa shape index (κ1) is 21.1. The van der Waals surface area contributed by atoms with E-state index in [0.717, 1.165) is 38.4 Å². The van der Waals surface area contributed by atoms with Crippen LogP contribution in [0.5, 0.6) is 0 Å². The molecular weight excluding hydrogens is 364 g/mol. The molecule has 1 N–H and O–H groups in total. The number of aldehydes is 1. The fourth-order valence-electron chi connectivity index (χ4n) is 6.86. The number of ether oxygens (including phenoxy) is 1. The first-order valence-electron chi connectivity index (χ1n) is 11.6. The molecule has 9 atom stereocenters. The molecule has 0 saturated heterocycles. The molecule has 4 unspecified atom stereocenters. The lowest BCUT2D eigenvalue weighted by molar-refractivity contribution is -0.161. The Kier molecular flexibility index (Phi) is 5.25. The summed E-state index contributed by atoms with van der Waals surface area (Å²) in [7, 11) is 0. The second-order valence-corrected chi connectivity index (χ2v) is 11.6. The van der Waals surface area contributed by atoms with Gasteiger partial charge in [-0.05, 0) is 81.5 Å². The maximum absolute atomic E-state index is 12.4. The number of esters is 1. The van der Waals surface area contributed by atoms with Gasteiger partial charge in [-0.25, -0.2) is 0 Å². The predicted molar refractivity (Wildman–Crippen MR) is 112 cm³/mol. The SMILES string of the molecule is CC1CCC2C(C1[C@@H]1C[C@@H]1C=O)[C@@H](O)C=C1C[C@@H](OC(=O)C(C)(C)C)CC[C@@]12C. The zero-order valence-corrected chi connectivity index (χ0v) is 18.7. The van der Waals surface area contributed by atoms with Crippen LogP contribution in [0.3, 0.4) is 0 Å². The monoisotopic (exact) mass is 402 g/mol. The van der Waals surface area contributed by atoms with Crippen molar-refractivity contribution < 1.29 is 19.4 Å². The molecule has 0 aliphatic heterocycles. The molecule has 0 aromatic carbocycles. The van der Waals surface area contributed by atoms with E-state index >= 15 is 0 Å². The normalized spacial score (nSPS) is 46.8. The maximum Gasteiger partial charge on any atom is 0.311 e. The summed E-state index contributed by atoms with van der Waals surface area (Å²) in [4.78, 5) is 23.7. The van der Waals surface area contributed by atoms with Crippen LogP contribution in [0.25, 0.3) is 0 Å². The van der Waals surface area contributed by atoms with Crippen molar-refractivity contribution in [1.82, 2.24) is 0 Å². The lowest BCUT2D eigenvalue weighted by Crippen LogP contribution is -2.53. The molecule has 0 radical (unpaired) electrons. The highest BCUT2D eigenvalue weighted by molar-refractivity contribution is 5.75. The zero-order chi connectivity index (χ0) is 21.1. The van der Waals surface area contributed by atoms with Gasteiger partial charge in [-0.15, -0.1) is 0 Å². The average Bonchev–Trinajstić information content (AvgIpc) is 3.42. The van der Waals surface area contributed by atoms with Gasteiger partial charge in [0.2, 0.25) is 0 Å². The summed E-state index contributed by atoms with van der Waals surface area (Å²) in [6, 6.07) is 0. The Morgan fingerprint density at radius 1 is 1.24 bits per heavy atom. The molecule has 4 heteroatoms. The summed E-state index contributed by atoms with van der Waals surface area (Å²) in [6.07, 6.45) is 8.71. The second-order valence-electron chi connectivity index (χ2n) is 11.6. The van der Waals surface area contributed by atoms with Gasteiger partial charge >= 0.3 is 5.97 Å². The third-order valence-corrected chi connectivity index (χ3v) is 8.70. The minimum atomic E-state index is -0.488. The molecule has 3 saturated carbocycles. The van der Waals surface area contributed by atoms with Crippen LogP contribution in [0, 0.1) is 46.3 Å². The minimum Gasteiger partial charge on any atom is -0.462 e. The van der Waals surface area contributed by atoms with Crippen molar-refractivity contribution in [3.8, 4) is 0 Å². The highest BCUT2D eigenvalue weighted by atomic mass is 16.5. The topological polar surface area (TPSA) is 63.6 Å². The van der Waals surface area contributed by atoms with Gasteiger partial charge in [0.05, 0.1) is 11.5 Å². The molecule has 29 heavy (non-hydrogen) atoms. The molecule has 4 aliphatic carbocycles. The molecule has 0 aromatic rings. The van der Waals surface area contributed by atoms with Crippen LogP contribution in [-0.4, -0.2) is 29.6 Å². The number of aliphatic hydroxyl groups is 1. The lowest BCUT2D eigenvalue weighted by atomic mass is 9.49. The van der Waals surface area contributed by atoms with Crippen molar-refractivity contribution in [2.75, 3.05) is 0 Å². The summed E-state index contributed by atoms with van der Waals surface area (Å²) in [5.41, 5.74) is 0.886. The summed E-state index contributed by atoms with van der Waals surface area (Å²) < 4.78 is 5.84. The van der Waals surface area contributed by atoms with Gasteiger partial charge in [-0.3, -0.25) is 4.79 Å². The highest BCUT2D eigenvalue weighted by Gasteiger charge is 2.58. The van der Waals surface area contributed by atoms with Crippen LogP contribution in [0.15, 0.2) is 11.6 Å². The summed E-state index contributed by atoms with van der Waals surface area (Å²) in [5.74, 6) is 2.28. The van der Waals surface area contributed by atoms with E-state index < -0.39 is 11.5 Å². The van der Waals surface area contributed by atoms with Gasteiger partial charge in [0.15, 0.2) is 0 Å². The fourth-order valence-corrected chi connectivity index (χ4v) is 6.86. The lowest BCUT2D eigenvalue weighted by Gasteiger charge is -2.57. The summed E-state index contributed by atoms with van der Waals surface area (Å²) >= 11 is 0. The molecule has 0 spiro atoms. The largest absolute Gasteiger partial charge is 0.462 e. The number of hydrogen-bond donors (Lipinski definition) is 1. The maximum atomic E-state index is 12.4. The Bertz CT molecular complexity index is 704. The Hall–Kier alpha value is -1.16. The number of aliphatic hydroxyl groups excluding tert-OH is 1. The number of carbonyl (C=O) groups excluding carboxylic acids is 2. The van der Waals surface area contributed by atoms with Gasteiger partial charge in [-0.1, -0.05) is 31.9 Å². The summed E-state index contributed by atoms with van der Waals surface area (Å²) in [6.45, 7) is 10.4. The van der Waals surface area contributed by atoms with Crippen LogP contribution >= 0.6 is 0 Å². The standard InChI is InChI=1S/C25H38O4/c1-14-6-7-19-22(21(14)18-10-15(18)13-26)20(27)12-16-11-17(8-9-25(16,19)5)29-23(28)24(2,3)4/h12-15,17-22,27H,6-11H2,1-5H3/t14?,15-,17+,18-,19?,20+,21?,22?,25+/m1/s1. The van der Waals surface area contributed by atoms with Crippen molar-refractivity contribution in [2.45, 2.75) is 85.4 Å². The Morgan fingerprint density at radius 3 is 2.59 bits per heavy atom. The van der Waals surface area contributed by atoms with Gasteiger partial charge in [0.1, 0.15) is 12.4 Å². The van der Waals surface area contributed by atoms with Gasteiger partial charge < -0.3 is 14.6 Å². The van der Waals surface area contributed by atoms with E-state index in [4.69, 9.17) is 4.74 Å². The minimum absolute atomic E-state index is 0.0778. The molecule has 0 amide bonds. The molecule has 0 bridgehead atoms. The molecule has 4 rings (SSSR count). The summed E-state index contributed by atoms with van der Waals surface area (Å²) in [5, 5.41) is 11.2. The van der Waals surface area contributed by atoms with Crippen molar-refractivity contribution >= 4 is 12.3 Å². The van der Waals surface area contributed by atoms with Crippen molar-refractivity contribution in [3.63, 3.8) is 0 Å². The number of carbonyl (C=O) groups is 2. The quantitative estimate of drug-likeness (QED) is 0.427. The predicted octanol–water partition coefficient (Wildman–Crippen LogP) is 4.55. The van der Waals surface area contributed by atoms with E-state index in [0.29, 0.717) is 23.7 Å². The van der Waals surface area contributed by atoms with E-state index in [-0.39, 0.29) is 29.3 Å². The van der Waals surface area contributed by atoms with Crippen molar-refractivity contribution in [3.05, 3.63) is 11.6 Å². The number of hydrogen-bond acceptors (Lipinski definition) is 4. The van der Waals surface area contributed by atoms with Crippen molar-refractivity contribution in [1.29, 1.82) is 0 Å². The van der Waals surface area contributed by atoms with E-state index in [1.54, 1.807) is 0 Å². The van der Waals surface area contributed by atoms with Crippen LogP contribution < -0.4 is 0 Å². The highest BCUT2D eigenvalue weighted by Crippen LogP contribution is 2.63. The third-order valence-electron chi connectivity index (χ3n) is 8.70. The van der Waals surface area contributed by atoms with E-state index in [1.807, 2.05) is 20.8 Å². The van der Waals surface area contributed by atoms with Crippen LogP contribution in [0.1, 0.15) is 73.1 Å². The fraction of sp³-hybridized carbons (Fsp3) is 0.840. The molecule has 0 aromatic heterocycles. The first-order chi connectivity index (χ1) is 13.6. The van der Waals surface area contributed by atoms with Crippen molar-refractivity contribution in [2.24, 2.45) is 46.3 Å². The second kappa shape index (κ2) is 7.21. The third kappa shape index (κ3) is 3.60. The zero-order valence-electron chi connectivity index (χ0n) is 18.7. The Morgan fingerprint density at radius 2 is 1.97 bits per heavy atom. The Balaban J connectivity index is 1.56. The first-order valence-corrected chi connectivity index (χ1v) is 11.6. The molecule has 4 nitrogen and oxygen atoms in total. The molecule has 0 heterocycles. The van der Waals surface area contributed by atoms with E-state index in [1.165, 1.54) is 12.0 Å². The van der Waals surface area contributed by atoms with Crippen LogP contribution in [0.4, 0.5) is 0 Å². The molecule has 4 aliphatic rings. The van der Waals surface area contributed by atoms with E-state index in [2.05, 4.69) is 19.9 Å². The Labute approximate surface area is 175 Å².